The fraction of sp³-hybridized carbons (Fsp3) is 0.375. The van der Waals surface area contributed by atoms with E-state index in [0.29, 0.717) is 6.42 Å². The maximum Gasteiger partial charge on any atom is 0.224 e. The molecule has 2 aromatic rings. The Bertz CT molecular complexity index is 636. The summed E-state index contributed by atoms with van der Waals surface area (Å²) >= 11 is 1.71. The summed E-state index contributed by atoms with van der Waals surface area (Å²) in [5.41, 5.74) is 3.05. The van der Waals surface area contributed by atoms with Gasteiger partial charge in [0, 0.05) is 17.6 Å². The van der Waals surface area contributed by atoms with Crippen molar-refractivity contribution in [1.82, 2.24) is 10.3 Å². The summed E-state index contributed by atoms with van der Waals surface area (Å²) in [4.78, 5) is 17.4. The molecule has 0 saturated carbocycles. The van der Waals surface area contributed by atoms with Gasteiger partial charge in [-0.2, -0.15) is 0 Å². The van der Waals surface area contributed by atoms with Crippen LogP contribution in [-0.4, -0.2) is 17.9 Å². The van der Waals surface area contributed by atoms with Gasteiger partial charge in [-0.25, -0.2) is 4.98 Å². The molecule has 112 valence electrons. The second-order valence-corrected chi connectivity index (χ2v) is 6.45. The van der Waals surface area contributed by atoms with Crippen LogP contribution in [0.1, 0.15) is 34.1 Å². The number of aromatic nitrogens is 1. The number of nitrogens with zero attached hydrogens (tertiary/aromatic N) is 1. The minimum absolute atomic E-state index is 0.0117. The molecule has 21 heavy (non-hydrogen) atoms. The third-order valence-electron chi connectivity index (χ3n) is 3.37. The van der Waals surface area contributed by atoms with Crippen LogP contribution in [0.25, 0.3) is 0 Å². The van der Waals surface area contributed by atoms with Crippen molar-refractivity contribution in [3.63, 3.8) is 0 Å². The van der Waals surface area contributed by atoms with Gasteiger partial charge < -0.3 is 10.6 Å². The molecule has 5 heteroatoms. The first kappa shape index (κ1) is 15.5. The zero-order valence-electron chi connectivity index (χ0n) is 12.9. The summed E-state index contributed by atoms with van der Waals surface area (Å²) in [6.07, 6.45) is 0.376. The predicted molar refractivity (Wildman–Crippen MR) is 87.8 cm³/mol. The summed E-state index contributed by atoms with van der Waals surface area (Å²) in [5, 5.41) is 7.21. The first-order chi connectivity index (χ1) is 10.0. The number of nitrogens with one attached hydrogen (secondary N) is 2. The number of amides is 1. The molecule has 0 fully saturated rings. The normalized spacial score (nSPS) is 12.0. The number of hydrogen-bond donors (Lipinski definition) is 2. The molecule has 2 rings (SSSR count). The Morgan fingerprint density at radius 1 is 1.33 bits per heavy atom. The lowest BCUT2D eigenvalue weighted by Crippen LogP contribution is -2.21. The third-order valence-corrected chi connectivity index (χ3v) is 4.27. The molecule has 4 nitrogen and oxygen atoms in total. The third kappa shape index (κ3) is 3.82. The highest BCUT2D eigenvalue weighted by Gasteiger charge is 2.15. The fourth-order valence-corrected chi connectivity index (χ4v) is 3.24. The molecule has 0 saturated heterocycles. The van der Waals surface area contributed by atoms with E-state index in [1.165, 1.54) is 4.88 Å². The molecule has 1 aromatic heterocycles. The van der Waals surface area contributed by atoms with Crippen molar-refractivity contribution in [2.45, 2.75) is 33.2 Å². The molecular weight excluding hydrogens is 282 g/mol. The Morgan fingerprint density at radius 2 is 2.05 bits per heavy atom. The number of benzene rings is 1. The lowest BCUT2D eigenvalue weighted by molar-refractivity contribution is -0.119. The Morgan fingerprint density at radius 3 is 2.67 bits per heavy atom. The van der Waals surface area contributed by atoms with Crippen LogP contribution in [0, 0.1) is 13.8 Å². The first-order valence-electron chi connectivity index (χ1n) is 7.00. The van der Waals surface area contributed by atoms with Gasteiger partial charge in [0.1, 0.15) is 0 Å². The number of rotatable bonds is 5. The van der Waals surface area contributed by atoms with Crippen LogP contribution in [0.4, 0.5) is 5.69 Å². The van der Waals surface area contributed by atoms with Gasteiger partial charge in [0.15, 0.2) is 0 Å². The molecule has 0 aliphatic rings. The molecule has 1 heterocycles. The minimum atomic E-state index is 0.0117. The van der Waals surface area contributed by atoms with Gasteiger partial charge in [-0.15, -0.1) is 11.3 Å². The van der Waals surface area contributed by atoms with Crippen molar-refractivity contribution in [1.29, 1.82) is 0 Å². The lowest BCUT2D eigenvalue weighted by atomic mass is 10.1. The van der Waals surface area contributed by atoms with Crippen molar-refractivity contribution >= 4 is 22.9 Å². The Labute approximate surface area is 129 Å². The maximum atomic E-state index is 11.6. The lowest BCUT2D eigenvalue weighted by Gasteiger charge is -2.17. The Hall–Kier alpha value is -1.88. The summed E-state index contributed by atoms with van der Waals surface area (Å²) in [7, 11) is 1.66. The van der Waals surface area contributed by atoms with E-state index in [9.17, 15) is 4.79 Å². The Balaban J connectivity index is 2.19. The molecule has 0 bridgehead atoms. The Kier molecular flexibility index (Phi) is 4.96. The molecule has 0 spiro atoms. The minimum Gasteiger partial charge on any atom is -0.377 e. The summed E-state index contributed by atoms with van der Waals surface area (Å²) in [5.74, 6) is 0.0117. The molecule has 0 radical (unpaired) electrons. The fourth-order valence-electron chi connectivity index (χ4n) is 2.32. The van der Waals surface area contributed by atoms with E-state index in [1.54, 1.807) is 18.4 Å². The van der Waals surface area contributed by atoms with Crippen molar-refractivity contribution in [3.8, 4) is 0 Å². The van der Waals surface area contributed by atoms with Gasteiger partial charge in [-0.1, -0.05) is 18.2 Å². The molecule has 0 aliphatic carbocycles. The average molecular weight is 303 g/mol. The number of carbonyl (C=O) groups is 1. The highest BCUT2D eigenvalue weighted by atomic mass is 32.1. The van der Waals surface area contributed by atoms with Crippen LogP contribution in [-0.2, 0) is 11.2 Å². The van der Waals surface area contributed by atoms with E-state index in [1.807, 2.05) is 31.2 Å². The van der Waals surface area contributed by atoms with Crippen LogP contribution in [0.3, 0.4) is 0 Å². The summed E-state index contributed by atoms with van der Waals surface area (Å²) in [6.45, 7) is 6.21. The smallest absolute Gasteiger partial charge is 0.224 e. The topological polar surface area (TPSA) is 54.0 Å². The van der Waals surface area contributed by atoms with Crippen molar-refractivity contribution in [2.24, 2.45) is 0 Å². The van der Waals surface area contributed by atoms with E-state index in [0.717, 1.165) is 22.0 Å². The van der Waals surface area contributed by atoms with Gasteiger partial charge in [0.2, 0.25) is 5.91 Å². The number of para-hydroxylation sites is 1. The van der Waals surface area contributed by atoms with Gasteiger partial charge in [-0.3, -0.25) is 4.79 Å². The first-order valence-corrected chi connectivity index (χ1v) is 7.82. The number of carbonyl (C=O) groups excluding carboxylic acids is 1. The average Bonchev–Trinajstić information content (AvgIpc) is 2.79. The van der Waals surface area contributed by atoms with Crippen molar-refractivity contribution in [2.75, 3.05) is 12.4 Å². The SMILES string of the molecule is CNC(=O)Cc1ccccc1NC(C)c1nc(C)sc1C. The van der Waals surface area contributed by atoms with E-state index in [-0.39, 0.29) is 11.9 Å². The molecule has 0 aliphatic heterocycles. The van der Waals surface area contributed by atoms with E-state index in [2.05, 4.69) is 29.5 Å². The van der Waals surface area contributed by atoms with Gasteiger partial charge in [-0.05, 0) is 32.4 Å². The summed E-state index contributed by atoms with van der Waals surface area (Å²) < 4.78 is 0. The van der Waals surface area contributed by atoms with Gasteiger partial charge in [0.05, 0.1) is 23.2 Å². The largest absolute Gasteiger partial charge is 0.377 e. The molecule has 2 N–H and O–H groups in total. The van der Waals surface area contributed by atoms with Crippen molar-refractivity contribution < 1.29 is 4.79 Å². The molecule has 1 amide bonds. The number of thiazole rings is 1. The van der Waals surface area contributed by atoms with Gasteiger partial charge >= 0.3 is 0 Å². The quantitative estimate of drug-likeness (QED) is 0.891. The van der Waals surface area contributed by atoms with Crippen LogP contribution in [0.5, 0.6) is 0 Å². The summed E-state index contributed by atoms with van der Waals surface area (Å²) in [6, 6.07) is 8.02. The van der Waals surface area contributed by atoms with E-state index in [4.69, 9.17) is 0 Å². The number of aryl methyl sites for hydroxylation is 2. The van der Waals surface area contributed by atoms with E-state index >= 15 is 0 Å². The number of hydrogen-bond acceptors (Lipinski definition) is 4. The second-order valence-electron chi connectivity index (χ2n) is 5.05. The zero-order valence-corrected chi connectivity index (χ0v) is 13.7. The molecule has 1 aromatic carbocycles. The van der Waals surface area contributed by atoms with Crippen molar-refractivity contribution in [3.05, 3.63) is 45.4 Å². The van der Waals surface area contributed by atoms with E-state index < -0.39 is 0 Å². The van der Waals surface area contributed by atoms with Crippen LogP contribution in [0.15, 0.2) is 24.3 Å². The monoisotopic (exact) mass is 303 g/mol. The van der Waals surface area contributed by atoms with Gasteiger partial charge in [0.25, 0.3) is 0 Å². The second kappa shape index (κ2) is 6.72. The molecule has 1 unspecified atom stereocenters. The standard InChI is InChI=1S/C16H21N3OS/c1-10(16-11(2)21-12(3)19-16)18-14-8-6-5-7-13(14)9-15(20)17-4/h5-8,10,18H,9H2,1-4H3,(H,17,20). The zero-order chi connectivity index (χ0) is 15.4. The highest BCUT2D eigenvalue weighted by molar-refractivity contribution is 7.11. The molecular formula is C16H21N3OS. The number of likely N-dealkylation sites (N-methyl/N-ethyl adjacent to an activating group) is 1. The predicted octanol–water partition coefficient (Wildman–Crippen LogP) is 3.22. The van der Waals surface area contributed by atoms with Crippen LogP contribution < -0.4 is 10.6 Å². The maximum absolute atomic E-state index is 11.6. The molecule has 1 atom stereocenters. The highest BCUT2D eigenvalue weighted by Crippen LogP contribution is 2.27. The van der Waals surface area contributed by atoms with Crippen LogP contribution >= 0.6 is 11.3 Å². The number of anilines is 1. The van der Waals surface area contributed by atoms with Crippen LogP contribution in [0.2, 0.25) is 0 Å².